The summed E-state index contributed by atoms with van der Waals surface area (Å²) in [7, 11) is 0. The largest absolute Gasteiger partial charge is 2.00 e. The Morgan fingerprint density at radius 1 is 1.33 bits per heavy atom. The van der Waals surface area contributed by atoms with E-state index in [0.717, 1.165) is 10.7 Å². The molecule has 0 saturated heterocycles. The molecule has 74 valence electrons. The molecule has 0 spiro atoms. The Morgan fingerprint density at radius 3 is 1.42 bits per heavy atom. The SMILES string of the molecule is NCC(=O)O.O=N[O-].O=N[O-].[Ni+2]. The summed E-state index contributed by atoms with van der Waals surface area (Å²) in [5.74, 6) is -0.968. The Kier molecular flexibility index (Phi) is 62.0. The van der Waals surface area contributed by atoms with Crippen LogP contribution in [0.2, 0.25) is 0 Å². The third kappa shape index (κ3) is 994. The summed E-state index contributed by atoms with van der Waals surface area (Å²) in [5.41, 5.74) is 4.57. The zero-order valence-electron chi connectivity index (χ0n) is 5.48. The van der Waals surface area contributed by atoms with Gasteiger partial charge in [-0.2, -0.15) is 0 Å². The van der Waals surface area contributed by atoms with Crippen molar-refractivity contribution in [2.45, 2.75) is 0 Å². The van der Waals surface area contributed by atoms with Crippen LogP contribution in [0.25, 0.3) is 0 Å². The molecular formula is C2H5N3NiO6. The van der Waals surface area contributed by atoms with Gasteiger partial charge >= 0.3 is 22.5 Å². The number of hydrogen-bond acceptors (Lipinski definition) is 8. The second kappa shape index (κ2) is 33.2. The molecule has 0 atom stereocenters. The van der Waals surface area contributed by atoms with Gasteiger partial charge in [0.15, 0.2) is 0 Å². The van der Waals surface area contributed by atoms with E-state index >= 15 is 0 Å². The Labute approximate surface area is 76.3 Å². The zero-order chi connectivity index (χ0) is 9.70. The quantitative estimate of drug-likeness (QED) is 0.345. The van der Waals surface area contributed by atoms with Gasteiger partial charge in [-0.25, -0.2) is 0 Å². The van der Waals surface area contributed by atoms with Gasteiger partial charge in [-0.1, -0.05) is 0 Å². The molecule has 0 radical (unpaired) electrons. The topological polar surface area (TPSA) is 168 Å². The van der Waals surface area contributed by atoms with Crippen molar-refractivity contribution in [3.63, 3.8) is 0 Å². The van der Waals surface area contributed by atoms with Crippen LogP contribution in [0.5, 0.6) is 0 Å². The number of nitrogens with zero attached hydrogens (tertiary/aromatic N) is 2. The molecule has 0 saturated carbocycles. The van der Waals surface area contributed by atoms with Gasteiger partial charge < -0.3 is 31.1 Å². The van der Waals surface area contributed by atoms with Crippen molar-refractivity contribution in [2.24, 2.45) is 16.4 Å². The summed E-state index contributed by atoms with van der Waals surface area (Å²) < 4.78 is 0. The van der Waals surface area contributed by atoms with Gasteiger partial charge in [0.05, 0.1) is 6.54 Å². The Morgan fingerprint density at radius 2 is 1.42 bits per heavy atom. The molecular weight excluding hydrogens is 221 g/mol. The second-order valence-corrected chi connectivity index (χ2v) is 0.747. The number of carboxylic acids is 1. The van der Waals surface area contributed by atoms with Crippen LogP contribution in [0.4, 0.5) is 0 Å². The molecule has 0 amide bonds. The van der Waals surface area contributed by atoms with Crippen LogP contribution in [0.3, 0.4) is 0 Å². The molecule has 10 heteroatoms. The maximum atomic E-state index is 9.24. The summed E-state index contributed by atoms with van der Waals surface area (Å²) >= 11 is 0. The molecule has 0 aromatic carbocycles. The maximum Gasteiger partial charge on any atom is 2.00 e. The average molecular weight is 226 g/mol. The monoisotopic (exact) mass is 225 g/mol. The molecule has 0 heterocycles. The second-order valence-electron chi connectivity index (χ2n) is 0.747. The Bertz CT molecular complexity index is 103. The minimum atomic E-state index is -0.968. The number of carbonyl (C=O) groups is 1. The molecule has 12 heavy (non-hydrogen) atoms. The fraction of sp³-hybridized carbons (Fsp3) is 0.500. The van der Waals surface area contributed by atoms with Crippen molar-refractivity contribution in [3.05, 3.63) is 20.2 Å². The summed E-state index contributed by atoms with van der Waals surface area (Å²) in [6, 6.07) is 0. The van der Waals surface area contributed by atoms with E-state index in [1.807, 2.05) is 0 Å². The third-order valence-corrected chi connectivity index (χ3v) is 0.175. The summed E-state index contributed by atoms with van der Waals surface area (Å²) in [6.07, 6.45) is 0. The van der Waals surface area contributed by atoms with Crippen LogP contribution in [-0.2, 0) is 21.3 Å². The van der Waals surface area contributed by atoms with Crippen molar-refractivity contribution in [1.82, 2.24) is 0 Å². The maximum absolute atomic E-state index is 9.24. The molecule has 0 aliphatic rings. The number of hydrogen-bond donors (Lipinski definition) is 2. The van der Waals surface area contributed by atoms with Crippen molar-refractivity contribution in [2.75, 3.05) is 6.54 Å². The molecule has 0 bridgehead atoms. The predicted molar refractivity (Wildman–Crippen MR) is 35.0 cm³/mol. The van der Waals surface area contributed by atoms with E-state index in [4.69, 9.17) is 25.3 Å². The van der Waals surface area contributed by atoms with Crippen LogP contribution < -0.4 is 5.73 Å². The van der Waals surface area contributed by atoms with E-state index in [0.29, 0.717) is 0 Å². The van der Waals surface area contributed by atoms with E-state index in [1.165, 1.54) is 0 Å². The zero-order valence-corrected chi connectivity index (χ0v) is 6.47. The van der Waals surface area contributed by atoms with Crippen LogP contribution in [0.15, 0.2) is 10.7 Å². The van der Waals surface area contributed by atoms with Gasteiger partial charge in [-0.15, -0.1) is 10.7 Å². The van der Waals surface area contributed by atoms with Crippen molar-refractivity contribution in [3.8, 4) is 0 Å². The first-order chi connectivity index (χ1) is 5.10. The minimum Gasteiger partial charge on any atom is -0.480 e. The minimum absolute atomic E-state index is 0. The van der Waals surface area contributed by atoms with Gasteiger partial charge in [-0.3, -0.25) is 4.79 Å². The van der Waals surface area contributed by atoms with E-state index in [2.05, 4.69) is 5.73 Å². The molecule has 0 aromatic heterocycles. The summed E-state index contributed by atoms with van der Waals surface area (Å²) in [6.45, 7) is -0.278. The number of aliphatic carboxylic acids is 1. The standard InChI is InChI=1S/C2H5NO2.2HNO2.Ni/c3-1-2(4)5;2*2-1-3;/h1,3H2,(H,4,5);2*(H,2,3);/q;;;+2/p-2. The number of carboxylic acid groups (broad SMARTS) is 1. The van der Waals surface area contributed by atoms with E-state index in [-0.39, 0.29) is 23.0 Å². The smallest absolute Gasteiger partial charge is 0.480 e. The van der Waals surface area contributed by atoms with E-state index < -0.39 is 5.97 Å². The van der Waals surface area contributed by atoms with Crippen molar-refractivity contribution >= 4 is 5.97 Å². The van der Waals surface area contributed by atoms with Crippen LogP contribution in [0, 0.1) is 20.2 Å². The normalized spacial score (nSPS) is 5.08. The van der Waals surface area contributed by atoms with Crippen molar-refractivity contribution in [1.29, 1.82) is 0 Å². The fourth-order valence-electron chi connectivity index (χ4n) is 0. The number of rotatable bonds is 1. The van der Waals surface area contributed by atoms with Gasteiger partial charge in [0, 0.05) is 0 Å². The van der Waals surface area contributed by atoms with Gasteiger partial charge in [0.25, 0.3) is 0 Å². The average Bonchev–Trinajstić information content (AvgIpc) is 1.91. The van der Waals surface area contributed by atoms with E-state index in [1.54, 1.807) is 0 Å². The molecule has 0 fully saturated rings. The number of nitrogens with two attached hydrogens (primary N) is 1. The molecule has 9 nitrogen and oxygen atoms in total. The Hall–Kier alpha value is -1.28. The predicted octanol–water partition coefficient (Wildman–Crippen LogP) is -0.472. The van der Waals surface area contributed by atoms with Gasteiger partial charge in [-0.05, 0) is 0 Å². The third-order valence-electron chi connectivity index (χ3n) is 0.175. The summed E-state index contributed by atoms with van der Waals surface area (Å²) in [5, 5.41) is 25.6. The first-order valence-corrected chi connectivity index (χ1v) is 1.92. The first-order valence-electron chi connectivity index (χ1n) is 1.92. The molecule has 3 N–H and O–H groups in total. The Balaban J connectivity index is -0.0000000406. The molecule has 0 unspecified atom stereocenters. The summed E-state index contributed by atoms with van der Waals surface area (Å²) in [4.78, 5) is 25.2. The van der Waals surface area contributed by atoms with Gasteiger partial charge in [0.2, 0.25) is 0 Å². The van der Waals surface area contributed by atoms with E-state index in [9.17, 15) is 4.79 Å². The molecule has 0 rings (SSSR count). The molecule has 0 aromatic rings. The van der Waals surface area contributed by atoms with Crippen LogP contribution in [0.1, 0.15) is 0 Å². The van der Waals surface area contributed by atoms with Crippen molar-refractivity contribution < 1.29 is 26.4 Å². The van der Waals surface area contributed by atoms with Crippen LogP contribution in [-0.4, -0.2) is 17.6 Å². The molecule has 0 aliphatic heterocycles. The van der Waals surface area contributed by atoms with Crippen LogP contribution >= 0.6 is 0 Å². The molecule has 0 aliphatic carbocycles. The fourth-order valence-corrected chi connectivity index (χ4v) is 0. The first kappa shape index (κ1) is 22.4. The van der Waals surface area contributed by atoms with Gasteiger partial charge in [0.1, 0.15) is 0 Å².